The van der Waals surface area contributed by atoms with E-state index in [0.717, 1.165) is 19.3 Å². The van der Waals surface area contributed by atoms with Gasteiger partial charge in [-0.05, 0) is 65.7 Å². The highest BCUT2D eigenvalue weighted by Crippen LogP contribution is 2.40. The molecule has 0 radical (unpaired) electrons. The smallest absolute Gasteiger partial charge is 0.410 e. The Hall–Kier alpha value is -1.77. The first kappa shape index (κ1) is 18.6. The average molecular weight is 335 g/mol. The Labute approximate surface area is 144 Å². The fourth-order valence-corrected chi connectivity index (χ4v) is 3.29. The molecule has 134 valence electrons. The minimum absolute atomic E-state index is 0.0615. The molecule has 2 rings (SSSR count). The van der Waals surface area contributed by atoms with Crippen LogP contribution >= 0.6 is 0 Å². The summed E-state index contributed by atoms with van der Waals surface area (Å²) in [5.74, 6) is 0.0316. The lowest BCUT2D eigenvalue weighted by Gasteiger charge is -2.39. The van der Waals surface area contributed by atoms with E-state index >= 15 is 0 Å². The van der Waals surface area contributed by atoms with Crippen LogP contribution in [0.1, 0.15) is 59.8 Å². The average Bonchev–Trinajstić information content (AvgIpc) is 2.45. The van der Waals surface area contributed by atoms with E-state index in [4.69, 9.17) is 4.74 Å². The number of nitrogens with one attached hydrogen (secondary N) is 1. The molecule has 0 aromatic carbocycles. The minimum Gasteiger partial charge on any atom is -0.444 e. The molecule has 0 spiro atoms. The normalized spacial score (nSPS) is 24.3. The number of likely N-dealkylation sites (tertiary alicyclic amines) is 1. The van der Waals surface area contributed by atoms with Crippen molar-refractivity contribution in [2.75, 3.05) is 13.1 Å². The van der Waals surface area contributed by atoms with Gasteiger partial charge in [0.25, 0.3) is 0 Å². The van der Waals surface area contributed by atoms with Crippen LogP contribution < -0.4 is 5.32 Å². The summed E-state index contributed by atoms with van der Waals surface area (Å²) < 4.78 is 5.44. The van der Waals surface area contributed by atoms with Gasteiger partial charge in [-0.15, -0.1) is 0 Å². The molecule has 1 saturated carbocycles. The van der Waals surface area contributed by atoms with Gasteiger partial charge >= 0.3 is 6.09 Å². The summed E-state index contributed by atoms with van der Waals surface area (Å²) in [7, 11) is 0. The molecular formula is C18H29N3O3. The van der Waals surface area contributed by atoms with E-state index in [1.807, 2.05) is 27.7 Å². The summed E-state index contributed by atoms with van der Waals surface area (Å²) in [6, 6.07) is 2.12. The van der Waals surface area contributed by atoms with Crippen molar-refractivity contribution in [1.82, 2.24) is 10.2 Å². The number of hydrogen-bond acceptors (Lipinski definition) is 4. The molecule has 0 unspecified atom stereocenters. The molecule has 1 saturated heterocycles. The van der Waals surface area contributed by atoms with E-state index in [9.17, 15) is 14.9 Å². The van der Waals surface area contributed by atoms with Gasteiger partial charge in [-0.2, -0.15) is 5.26 Å². The van der Waals surface area contributed by atoms with Gasteiger partial charge in [-0.25, -0.2) is 4.79 Å². The monoisotopic (exact) mass is 335 g/mol. The molecular weight excluding hydrogens is 306 g/mol. The highest BCUT2D eigenvalue weighted by atomic mass is 16.6. The number of nitriles is 1. The Bertz CT molecular complexity index is 529. The van der Waals surface area contributed by atoms with E-state index in [1.165, 1.54) is 0 Å². The first-order valence-corrected chi connectivity index (χ1v) is 8.87. The predicted octanol–water partition coefficient (Wildman–Crippen LogP) is 2.83. The SMILES string of the molecule is C[C@@H](NC(=O)C1(C#N)CCC1)[C@@H]1CCCN(C(=O)OC(C)(C)C)C1. The summed E-state index contributed by atoms with van der Waals surface area (Å²) >= 11 is 0. The molecule has 1 aliphatic heterocycles. The number of carbonyl (C=O) groups is 2. The van der Waals surface area contributed by atoms with Gasteiger partial charge in [0, 0.05) is 19.1 Å². The highest BCUT2D eigenvalue weighted by Gasteiger charge is 2.45. The molecule has 1 heterocycles. The van der Waals surface area contributed by atoms with Crippen molar-refractivity contribution in [1.29, 1.82) is 5.26 Å². The van der Waals surface area contributed by atoms with Crippen LogP contribution in [-0.4, -0.2) is 41.6 Å². The maximum absolute atomic E-state index is 12.4. The second kappa shape index (κ2) is 7.00. The second-order valence-electron chi connectivity index (χ2n) is 8.14. The molecule has 0 bridgehead atoms. The summed E-state index contributed by atoms with van der Waals surface area (Å²) in [5, 5.41) is 12.3. The van der Waals surface area contributed by atoms with Crippen molar-refractivity contribution in [3.63, 3.8) is 0 Å². The summed E-state index contributed by atoms with van der Waals surface area (Å²) in [5.41, 5.74) is -1.33. The van der Waals surface area contributed by atoms with Crippen LogP contribution in [0.4, 0.5) is 4.79 Å². The molecule has 24 heavy (non-hydrogen) atoms. The third-order valence-corrected chi connectivity index (χ3v) is 5.03. The van der Waals surface area contributed by atoms with Crippen LogP contribution in [0.15, 0.2) is 0 Å². The van der Waals surface area contributed by atoms with Gasteiger partial charge in [0.2, 0.25) is 5.91 Å². The van der Waals surface area contributed by atoms with E-state index in [2.05, 4.69) is 11.4 Å². The number of amides is 2. The zero-order chi connectivity index (χ0) is 18.0. The summed E-state index contributed by atoms with van der Waals surface area (Å²) in [4.78, 5) is 26.4. The van der Waals surface area contributed by atoms with Gasteiger partial charge in [-0.3, -0.25) is 4.79 Å². The maximum atomic E-state index is 12.4. The Balaban J connectivity index is 1.90. The third-order valence-electron chi connectivity index (χ3n) is 5.03. The standard InChI is InChI=1S/C18H29N3O3/c1-13(20-15(22)18(12-19)8-6-9-18)14-7-5-10-21(11-14)16(23)24-17(2,3)4/h13-14H,5-11H2,1-4H3,(H,20,22)/t13-,14-/m1/s1. The van der Waals surface area contributed by atoms with Crippen molar-refractivity contribution >= 4 is 12.0 Å². The Morgan fingerprint density at radius 2 is 2.00 bits per heavy atom. The lowest BCUT2D eigenvalue weighted by atomic mass is 9.69. The maximum Gasteiger partial charge on any atom is 0.410 e. The molecule has 6 heteroatoms. The molecule has 6 nitrogen and oxygen atoms in total. The summed E-state index contributed by atoms with van der Waals surface area (Å²) in [6.07, 6.45) is 3.80. The number of nitrogens with zero attached hydrogens (tertiary/aromatic N) is 2. The molecule has 2 amide bonds. The van der Waals surface area contributed by atoms with E-state index < -0.39 is 11.0 Å². The number of ether oxygens (including phenoxy) is 1. The zero-order valence-electron chi connectivity index (χ0n) is 15.2. The molecule has 2 aliphatic rings. The Kier molecular flexibility index (Phi) is 5.42. The van der Waals surface area contributed by atoms with Crippen molar-refractivity contribution in [2.45, 2.75) is 71.4 Å². The number of piperidine rings is 1. The van der Waals surface area contributed by atoms with Gasteiger partial charge in [0.1, 0.15) is 11.0 Å². The number of hydrogen-bond donors (Lipinski definition) is 1. The van der Waals surface area contributed by atoms with Crippen molar-refractivity contribution in [3.8, 4) is 6.07 Å². The topological polar surface area (TPSA) is 82.4 Å². The van der Waals surface area contributed by atoms with Crippen molar-refractivity contribution in [3.05, 3.63) is 0 Å². The quantitative estimate of drug-likeness (QED) is 0.860. The molecule has 2 fully saturated rings. The van der Waals surface area contributed by atoms with Crippen LogP contribution in [0.25, 0.3) is 0 Å². The first-order chi connectivity index (χ1) is 11.2. The molecule has 0 aromatic heterocycles. The van der Waals surface area contributed by atoms with E-state index in [0.29, 0.717) is 25.9 Å². The van der Waals surface area contributed by atoms with Crippen LogP contribution in [0, 0.1) is 22.7 Å². The van der Waals surface area contributed by atoms with Crippen molar-refractivity contribution in [2.24, 2.45) is 11.3 Å². The summed E-state index contributed by atoms with van der Waals surface area (Å²) in [6.45, 7) is 8.80. The first-order valence-electron chi connectivity index (χ1n) is 8.87. The van der Waals surface area contributed by atoms with Crippen LogP contribution in [0.5, 0.6) is 0 Å². The zero-order valence-corrected chi connectivity index (χ0v) is 15.2. The fraction of sp³-hybridized carbons (Fsp3) is 0.833. The molecule has 1 N–H and O–H groups in total. The van der Waals surface area contributed by atoms with Gasteiger partial charge in [-0.1, -0.05) is 0 Å². The third kappa shape index (κ3) is 4.19. The van der Waals surface area contributed by atoms with Gasteiger partial charge in [0.15, 0.2) is 0 Å². The molecule has 2 atom stereocenters. The second-order valence-corrected chi connectivity index (χ2v) is 8.14. The molecule has 0 aromatic rings. The van der Waals surface area contributed by atoms with Crippen LogP contribution in [0.2, 0.25) is 0 Å². The van der Waals surface area contributed by atoms with Crippen LogP contribution in [-0.2, 0) is 9.53 Å². The van der Waals surface area contributed by atoms with E-state index in [-0.39, 0.29) is 24.0 Å². The lowest BCUT2D eigenvalue weighted by molar-refractivity contribution is -0.132. The number of rotatable bonds is 3. The minimum atomic E-state index is -0.826. The fourth-order valence-electron chi connectivity index (χ4n) is 3.29. The highest BCUT2D eigenvalue weighted by molar-refractivity contribution is 5.86. The molecule has 1 aliphatic carbocycles. The van der Waals surface area contributed by atoms with E-state index in [1.54, 1.807) is 4.90 Å². The Morgan fingerprint density at radius 1 is 1.33 bits per heavy atom. The van der Waals surface area contributed by atoms with Gasteiger partial charge in [0.05, 0.1) is 6.07 Å². The van der Waals surface area contributed by atoms with Crippen molar-refractivity contribution < 1.29 is 14.3 Å². The van der Waals surface area contributed by atoms with Crippen LogP contribution in [0.3, 0.4) is 0 Å². The lowest BCUT2D eigenvalue weighted by Crippen LogP contribution is -2.53. The predicted molar refractivity (Wildman–Crippen MR) is 90.0 cm³/mol. The largest absolute Gasteiger partial charge is 0.444 e. The van der Waals surface area contributed by atoms with Gasteiger partial charge < -0.3 is 15.0 Å². The number of carbonyl (C=O) groups excluding carboxylic acids is 2. The Morgan fingerprint density at radius 3 is 2.50 bits per heavy atom.